The van der Waals surface area contributed by atoms with Crippen LogP contribution in [0.1, 0.15) is 12.8 Å². The predicted octanol–water partition coefficient (Wildman–Crippen LogP) is 0.421. The molecule has 9 heavy (non-hydrogen) atoms. The largest absolute Gasteiger partial charge is 0.221 e. The Morgan fingerprint density at radius 2 is 2.11 bits per heavy atom. The van der Waals surface area contributed by atoms with E-state index in [4.69, 9.17) is 0 Å². The summed E-state index contributed by atoms with van der Waals surface area (Å²) in [5.74, 6) is 0. The molecule has 0 bridgehead atoms. The van der Waals surface area contributed by atoms with Crippen molar-refractivity contribution in [2.45, 2.75) is 18.9 Å². The van der Waals surface area contributed by atoms with Crippen LogP contribution in [0.2, 0.25) is 0 Å². The van der Waals surface area contributed by atoms with E-state index in [9.17, 15) is 8.42 Å². The first-order valence-electron chi connectivity index (χ1n) is 2.70. The van der Waals surface area contributed by atoms with Crippen molar-refractivity contribution in [3.8, 4) is 0 Å². The van der Waals surface area contributed by atoms with Crippen LogP contribution in [0.5, 0.6) is 0 Å². The van der Waals surface area contributed by atoms with Gasteiger partial charge in [-0.25, -0.2) is 13.1 Å². The van der Waals surface area contributed by atoms with E-state index in [0.717, 1.165) is 12.8 Å². The third kappa shape index (κ3) is 2.64. The molecular weight excluding hydrogens is 206 g/mol. The van der Waals surface area contributed by atoms with Crippen LogP contribution in [0, 0.1) is 0 Å². The molecule has 1 fully saturated rings. The molecule has 1 aliphatic rings. The van der Waals surface area contributed by atoms with Crippen LogP contribution in [-0.2, 0) is 10.0 Å². The maximum atomic E-state index is 10.7. The number of halogens is 1. The van der Waals surface area contributed by atoms with Crippen molar-refractivity contribution in [3.63, 3.8) is 0 Å². The highest BCUT2D eigenvalue weighted by Crippen LogP contribution is 2.19. The lowest BCUT2D eigenvalue weighted by molar-refractivity contribution is 0.586. The Bertz CT molecular complexity index is 185. The zero-order valence-corrected chi connectivity index (χ0v) is 7.20. The number of hydrogen-bond acceptors (Lipinski definition) is 2. The van der Waals surface area contributed by atoms with Gasteiger partial charge >= 0.3 is 0 Å². The molecule has 54 valence electrons. The van der Waals surface area contributed by atoms with Crippen molar-refractivity contribution in [2.24, 2.45) is 0 Å². The van der Waals surface area contributed by atoms with Gasteiger partial charge in [-0.3, -0.25) is 0 Å². The van der Waals surface area contributed by atoms with Gasteiger partial charge in [0.1, 0.15) is 4.66 Å². The van der Waals surface area contributed by atoms with Gasteiger partial charge in [0.15, 0.2) is 0 Å². The number of nitrogens with one attached hydrogen (secondary N) is 1. The highest BCUT2D eigenvalue weighted by Gasteiger charge is 2.25. The molecule has 0 radical (unpaired) electrons. The van der Waals surface area contributed by atoms with Gasteiger partial charge in [0.2, 0.25) is 10.0 Å². The van der Waals surface area contributed by atoms with Crippen molar-refractivity contribution < 1.29 is 8.42 Å². The van der Waals surface area contributed by atoms with Gasteiger partial charge in [0.05, 0.1) is 0 Å². The van der Waals surface area contributed by atoms with E-state index in [2.05, 4.69) is 20.7 Å². The van der Waals surface area contributed by atoms with Crippen LogP contribution in [0.25, 0.3) is 0 Å². The van der Waals surface area contributed by atoms with E-state index in [-0.39, 0.29) is 10.7 Å². The quantitative estimate of drug-likeness (QED) is 0.692. The molecule has 0 saturated heterocycles. The van der Waals surface area contributed by atoms with E-state index in [1.807, 2.05) is 0 Å². The number of rotatable bonds is 3. The summed E-state index contributed by atoms with van der Waals surface area (Å²) in [7, 11) is -2.99. The van der Waals surface area contributed by atoms with E-state index in [1.54, 1.807) is 0 Å². The second-order valence-corrected chi connectivity index (χ2v) is 5.17. The molecule has 1 rings (SSSR count). The first-order valence-corrected chi connectivity index (χ1v) is 5.47. The van der Waals surface area contributed by atoms with Crippen LogP contribution < -0.4 is 4.72 Å². The van der Waals surface area contributed by atoms with Gasteiger partial charge in [-0.1, -0.05) is 15.9 Å². The van der Waals surface area contributed by atoms with Gasteiger partial charge in [0.25, 0.3) is 0 Å². The minimum atomic E-state index is -2.99. The highest BCUT2D eigenvalue weighted by atomic mass is 79.9. The summed E-state index contributed by atoms with van der Waals surface area (Å²) in [5.41, 5.74) is 0. The van der Waals surface area contributed by atoms with Crippen molar-refractivity contribution in [3.05, 3.63) is 0 Å². The molecule has 0 amide bonds. The fraction of sp³-hybridized carbons (Fsp3) is 1.00. The molecule has 3 nitrogen and oxygen atoms in total. The molecule has 1 aliphatic carbocycles. The maximum Gasteiger partial charge on any atom is 0.221 e. The molecular formula is C4H8BrNO2S. The summed E-state index contributed by atoms with van der Waals surface area (Å²) >= 11 is 2.88. The summed E-state index contributed by atoms with van der Waals surface area (Å²) in [6.45, 7) is 0. The first kappa shape index (κ1) is 7.50. The Balaban J connectivity index is 2.40. The van der Waals surface area contributed by atoms with Gasteiger partial charge in [-0.05, 0) is 12.8 Å². The molecule has 0 unspecified atom stereocenters. The molecule has 0 atom stereocenters. The van der Waals surface area contributed by atoms with E-state index < -0.39 is 10.0 Å². The first-order chi connectivity index (χ1) is 4.14. The smallest absolute Gasteiger partial charge is 0.212 e. The van der Waals surface area contributed by atoms with Crippen LogP contribution in [-0.4, -0.2) is 19.1 Å². The maximum absolute atomic E-state index is 10.7. The van der Waals surface area contributed by atoms with Crippen LogP contribution in [0.15, 0.2) is 0 Å². The zero-order valence-electron chi connectivity index (χ0n) is 4.80. The third-order valence-electron chi connectivity index (χ3n) is 1.07. The summed E-state index contributed by atoms with van der Waals surface area (Å²) in [5, 5.41) is 0. The Morgan fingerprint density at radius 3 is 2.44 bits per heavy atom. The summed E-state index contributed by atoms with van der Waals surface area (Å²) in [4.78, 5) is 0. The minimum Gasteiger partial charge on any atom is -0.212 e. The number of hydrogen-bond donors (Lipinski definition) is 1. The van der Waals surface area contributed by atoms with Gasteiger partial charge < -0.3 is 0 Å². The SMILES string of the molecule is O=S(=O)(CBr)NC1CC1. The van der Waals surface area contributed by atoms with Crippen LogP contribution >= 0.6 is 15.9 Å². The van der Waals surface area contributed by atoms with Gasteiger partial charge in [-0.2, -0.15) is 0 Å². The fourth-order valence-electron chi connectivity index (χ4n) is 0.487. The minimum absolute atomic E-state index is 0.0104. The Labute approximate surface area is 63.0 Å². The van der Waals surface area contributed by atoms with Crippen LogP contribution in [0.4, 0.5) is 0 Å². The van der Waals surface area contributed by atoms with E-state index in [0.29, 0.717) is 0 Å². The lowest BCUT2D eigenvalue weighted by atomic mass is 10.8. The number of alkyl halides is 1. The van der Waals surface area contributed by atoms with Crippen LogP contribution in [0.3, 0.4) is 0 Å². The van der Waals surface area contributed by atoms with Crippen molar-refractivity contribution in [2.75, 3.05) is 4.66 Å². The lowest BCUT2D eigenvalue weighted by Crippen LogP contribution is -2.26. The van der Waals surface area contributed by atoms with E-state index >= 15 is 0 Å². The second-order valence-electron chi connectivity index (χ2n) is 2.12. The molecule has 0 heterocycles. The summed E-state index contributed by atoms with van der Waals surface area (Å²) in [6.07, 6.45) is 1.98. The van der Waals surface area contributed by atoms with Crippen molar-refractivity contribution in [1.82, 2.24) is 4.72 Å². The average Bonchev–Trinajstić information content (AvgIpc) is 2.50. The van der Waals surface area contributed by atoms with Gasteiger partial charge in [-0.15, -0.1) is 0 Å². The lowest BCUT2D eigenvalue weighted by Gasteiger charge is -1.97. The van der Waals surface area contributed by atoms with E-state index in [1.165, 1.54) is 0 Å². The average molecular weight is 214 g/mol. The third-order valence-corrected chi connectivity index (χ3v) is 3.86. The topological polar surface area (TPSA) is 46.2 Å². The second kappa shape index (κ2) is 2.56. The zero-order chi connectivity index (χ0) is 6.91. The number of sulfonamides is 1. The molecule has 0 aliphatic heterocycles. The van der Waals surface area contributed by atoms with Gasteiger partial charge in [0, 0.05) is 6.04 Å². The monoisotopic (exact) mass is 213 g/mol. The normalized spacial score (nSPS) is 20.1. The Morgan fingerprint density at radius 1 is 1.56 bits per heavy atom. The molecule has 0 spiro atoms. The van der Waals surface area contributed by atoms with Crippen molar-refractivity contribution >= 4 is 26.0 Å². The molecule has 1 saturated carbocycles. The molecule has 0 aromatic rings. The standard InChI is InChI=1S/C4H8BrNO2S/c5-3-9(7,8)6-4-1-2-4/h4,6H,1-3H2. The Kier molecular flexibility index (Phi) is 2.13. The molecule has 1 N–H and O–H groups in total. The Hall–Kier alpha value is 0.390. The molecule has 0 aromatic heterocycles. The summed E-state index contributed by atoms with van der Waals surface area (Å²) in [6, 6.07) is 0.229. The molecule has 0 aromatic carbocycles. The van der Waals surface area contributed by atoms with Crippen molar-refractivity contribution in [1.29, 1.82) is 0 Å². The highest BCUT2D eigenvalue weighted by molar-refractivity contribution is 9.10. The fourth-order valence-corrected chi connectivity index (χ4v) is 1.69. The summed E-state index contributed by atoms with van der Waals surface area (Å²) < 4.78 is 23.9. The molecule has 5 heteroatoms. The predicted molar refractivity (Wildman–Crippen MR) is 38.9 cm³/mol.